The third-order valence-electron chi connectivity index (χ3n) is 3.26. The van der Waals surface area contributed by atoms with Gasteiger partial charge >= 0.3 is 0 Å². The van der Waals surface area contributed by atoms with E-state index in [2.05, 4.69) is 72.9 Å². The van der Waals surface area contributed by atoms with Gasteiger partial charge in [-0.05, 0) is 85.3 Å². The molecule has 0 aliphatic heterocycles. The summed E-state index contributed by atoms with van der Waals surface area (Å²) in [5, 5.41) is 9.58. The van der Waals surface area contributed by atoms with Crippen LogP contribution in [-0.2, 0) is 0 Å². The fraction of sp³-hybridized carbons (Fsp3) is 0.429. The van der Waals surface area contributed by atoms with Crippen LogP contribution in [0.15, 0.2) is 71.2 Å². The van der Waals surface area contributed by atoms with Crippen LogP contribution in [0.3, 0.4) is 0 Å². The highest BCUT2D eigenvalue weighted by Gasteiger charge is 2.15. The van der Waals surface area contributed by atoms with Gasteiger partial charge in [-0.15, -0.1) is 0 Å². The van der Waals surface area contributed by atoms with E-state index in [-0.39, 0.29) is 12.5 Å². The number of hydrogen-bond acceptors (Lipinski definition) is 1. The molecule has 0 bridgehead atoms. The Morgan fingerprint density at radius 2 is 1.55 bits per heavy atom. The van der Waals surface area contributed by atoms with Crippen molar-refractivity contribution in [3.8, 4) is 0 Å². The zero-order valence-corrected chi connectivity index (χ0v) is 13.6. The second-order valence-corrected chi connectivity index (χ2v) is 5.14. The maximum absolute atomic E-state index is 9.58. The summed E-state index contributed by atoms with van der Waals surface area (Å²) >= 11 is 0. The van der Waals surface area contributed by atoms with Gasteiger partial charge in [-0.1, -0.05) is 36.8 Å². The number of allylic oxidation sites excluding steroid dienone is 2. The molecule has 1 nitrogen and oxygen atoms in total. The summed E-state index contributed by atoms with van der Waals surface area (Å²) in [6, 6.07) is 0. The molecule has 0 amide bonds. The quantitative estimate of drug-likeness (QED) is 0.646. The molecule has 1 N–H and O–H groups in total. The first-order chi connectivity index (χ1) is 10.7. The molecule has 0 aliphatic carbocycles. The minimum absolute atomic E-state index is 0.181. The summed E-state index contributed by atoms with van der Waals surface area (Å²) in [7, 11) is 0. The highest BCUT2D eigenvalue weighted by Crippen LogP contribution is 2.23. The van der Waals surface area contributed by atoms with E-state index in [4.69, 9.17) is 0 Å². The van der Waals surface area contributed by atoms with Gasteiger partial charge in [0.2, 0.25) is 0 Å². The van der Waals surface area contributed by atoms with Gasteiger partial charge in [0.15, 0.2) is 0 Å². The second kappa shape index (κ2) is 13.7. The first-order valence-corrected chi connectivity index (χ1v) is 7.50. The molecule has 0 rings (SSSR count). The summed E-state index contributed by atoms with van der Waals surface area (Å²) < 4.78 is 0. The van der Waals surface area contributed by atoms with Crippen LogP contribution in [0.4, 0.5) is 0 Å². The number of aliphatic hydroxyl groups is 1. The van der Waals surface area contributed by atoms with Crippen LogP contribution < -0.4 is 0 Å². The molecule has 0 heterocycles. The highest BCUT2D eigenvalue weighted by atomic mass is 16.3. The van der Waals surface area contributed by atoms with Crippen LogP contribution in [0.25, 0.3) is 0 Å². The Bertz CT molecular complexity index is 632. The minimum atomic E-state index is 0.181. The first kappa shape index (κ1) is 19.7. The standard InChI is InChI=1S/C21H24O/c1-5-8-10-12-14-19(4)16-21(18-22)17-20(7-3)15-13-11-9-6-2/h14-15,19-22H,1-2,7,16-18H2,3-4H3. The van der Waals surface area contributed by atoms with Gasteiger partial charge < -0.3 is 5.11 Å². The Kier molecular flexibility index (Phi) is 12.2. The zero-order chi connectivity index (χ0) is 16.6. The van der Waals surface area contributed by atoms with E-state index in [0.717, 1.165) is 19.3 Å². The predicted molar refractivity (Wildman–Crippen MR) is 91.3 cm³/mol. The molecule has 0 aromatic heterocycles. The van der Waals surface area contributed by atoms with Crippen molar-refractivity contribution in [3.05, 3.63) is 71.2 Å². The zero-order valence-electron chi connectivity index (χ0n) is 13.6. The second-order valence-electron chi connectivity index (χ2n) is 5.14. The topological polar surface area (TPSA) is 20.2 Å². The lowest BCUT2D eigenvalue weighted by Gasteiger charge is -2.20. The molecule has 0 aliphatic rings. The van der Waals surface area contributed by atoms with Gasteiger partial charge in [0.1, 0.15) is 0 Å². The molecule has 0 saturated carbocycles. The summed E-state index contributed by atoms with van der Waals surface area (Å²) in [5.74, 6) is 0.928. The van der Waals surface area contributed by atoms with Crippen molar-refractivity contribution in [1.29, 1.82) is 0 Å². The van der Waals surface area contributed by atoms with Crippen LogP contribution in [0.1, 0.15) is 33.1 Å². The van der Waals surface area contributed by atoms with Crippen LogP contribution in [0, 0.1) is 17.8 Å². The predicted octanol–water partition coefficient (Wildman–Crippen LogP) is 4.65. The first-order valence-electron chi connectivity index (χ1n) is 7.50. The van der Waals surface area contributed by atoms with Crippen molar-refractivity contribution in [2.75, 3.05) is 6.61 Å². The molecule has 0 aromatic carbocycles. The van der Waals surface area contributed by atoms with Crippen molar-refractivity contribution < 1.29 is 5.11 Å². The fourth-order valence-electron chi connectivity index (χ4n) is 2.12. The van der Waals surface area contributed by atoms with E-state index in [0.29, 0.717) is 11.8 Å². The van der Waals surface area contributed by atoms with Gasteiger partial charge in [0.05, 0.1) is 0 Å². The molecule has 0 spiro atoms. The average molecular weight is 292 g/mol. The largest absolute Gasteiger partial charge is 0.396 e. The van der Waals surface area contributed by atoms with Crippen LogP contribution in [-0.4, -0.2) is 11.7 Å². The van der Waals surface area contributed by atoms with Gasteiger partial charge in [-0.25, -0.2) is 0 Å². The molecule has 114 valence electrons. The van der Waals surface area contributed by atoms with E-state index in [1.165, 1.54) is 0 Å². The molecular weight excluding hydrogens is 268 g/mol. The minimum Gasteiger partial charge on any atom is -0.396 e. The third kappa shape index (κ3) is 10.5. The van der Waals surface area contributed by atoms with E-state index in [9.17, 15) is 5.11 Å². The summed E-state index contributed by atoms with van der Waals surface area (Å²) in [4.78, 5) is 0. The molecule has 3 atom stereocenters. The van der Waals surface area contributed by atoms with Crippen LogP contribution in [0.2, 0.25) is 0 Å². The number of aliphatic hydroxyl groups excluding tert-OH is 1. The maximum Gasteiger partial charge on any atom is 0.0459 e. The smallest absolute Gasteiger partial charge is 0.0459 e. The molecule has 1 heteroatoms. The Hall–Kier alpha value is -2.32. The van der Waals surface area contributed by atoms with Crippen molar-refractivity contribution in [3.63, 3.8) is 0 Å². The Morgan fingerprint density at radius 3 is 2.05 bits per heavy atom. The molecule has 0 radical (unpaired) electrons. The van der Waals surface area contributed by atoms with Crippen molar-refractivity contribution >= 4 is 0 Å². The van der Waals surface area contributed by atoms with E-state index < -0.39 is 0 Å². The fourth-order valence-corrected chi connectivity index (χ4v) is 2.12. The lowest BCUT2D eigenvalue weighted by atomic mass is 9.87. The van der Waals surface area contributed by atoms with Gasteiger partial charge in [0, 0.05) is 6.61 Å². The molecule has 22 heavy (non-hydrogen) atoms. The van der Waals surface area contributed by atoms with Gasteiger partial charge in [-0.2, -0.15) is 0 Å². The summed E-state index contributed by atoms with van der Waals surface area (Å²) in [5.41, 5.74) is 21.5. The molecule has 0 aromatic rings. The Labute approximate surface area is 134 Å². The van der Waals surface area contributed by atoms with E-state index in [1.54, 1.807) is 0 Å². The summed E-state index contributed by atoms with van der Waals surface area (Å²) in [6.07, 6.45) is 6.73. The highest BCUT2D eigenvalue weighted by molar-refractivity contribution is 4.92. The van der Waals surface area contributed by atoms with Crippen molar-refractivity contribution in [2.24, 2.45) is 17.8 Å². The number of hydrogen-bond donors (Lipinski definition) is 1. The average Bonchev–Trinajstić information content (AvgIpc) is 2.53. The van der Waals surface area contributed by atoms with Gasteiger partial charge in [0.25, 0.3) is 0 Å². The summed E-state index contributed by atoms with van der Waals surface area (Å²) in [6.45, 7) is 11.2. The maximum atomic E-state index is 9.58. The SMILES string of the molecule is C=C=C=C=C=CC(C)CC(CO)CC(C=C=C=C=C=C)CC. The van der Waals surface area contributed by atoms with E-state index in [1.807, 2.05) is 12.2 Å². The van der Waals surface area contributed by atoms with Crippen LogP contribution in [0.5, 0.6) is 0 Å². The van der Waals surface area contributed by atoms with Crippen molar-refractivity contribution in [2.45, 2.75) is 33.1 Å². The lowest BCUT2D eigenvalue weighted by molar-refractivity contribution is 0.190. The molecule has 3 unspecified atom stereocenters. The Morgan fingerprint density at radius 1 is 0.955 bits per heavy atom. The van der Waals surface area contributed by atoms with E-state index >= 15 is 0 Å². The number of rotatable bonds is 8. The normalized spacial score (nSPS) is 12.3. The van der Waals surface area contributed by atoms with Crippen molar-refractivity contribution in [1.82, 2.24) is 0 Å². The van der Waals surface area contributed by atoms with Gasteiger partial charge in [-0.3, -0.25) is 0 Å². The molecule has 0 saturated heterocycles. The monoisotopic (exact) mass is 292 g/mol. The lowest BCUT2D eigenvalue weighted by Crippen LogP contribution is -2.13. The third-order valence-corrected chi connectivity index (χ3v) is 3.26. The molecule has 0 fully saturated rings. The van der Waals surface area contributed by atoms with Crippen LogP contribution >= 0.6 is 0 Å². The molecular formula is C21H24O. The Balaban J connectivity index is 4.83.